The maximum atomic E-state index is 13.0. The number of allylic oxidation sites excluding steroid dienone is 1. The highest BCUT2D eigenvalue weighted by atomic mass is 32.2. The van der Waals surface area contributed by atoms with Crippen LogP contribution in [-0.4, -0.2) is 48.4 Å². The molecule has 33 heavy (non-hydrogen) atoms. The normalized spacial score (nSPS) is 14.2. The van der Waals surface area contributed by atoms with Crippen LogP contribution in [0.5, 0.6) is 0 Å². The van der Waals surface area contributed by atoms with Crippen molar-refractivity contribution >= 4 is 50.5 Å². The fraction of sp³-hybridized carbons (Fsp3) is 0.227. The molecule has 3 aromatic rings. The van der Waals surface area contributed by atoms with Gasteiger partial charge >= 0.3 is 0 Å². The van der Waals surface area contributed by atoms with E-state index in [-0.39, 0.29) is 22.7 Å². The summed E-state index contributed by atoms with van der Waals surface area (Å²) >= 11 is 2.56. The predicted octanol–water partition coefficient (Wildman–Crippen LogP) is 3.78. The van der Waals surface area contributed by atoms with Gasteiger partial charge in [0.1, 0.15) is 15.8 Å². The van der Waals surface area contributed by atoms with Crippen molar-refractivity contribution in [3.05, 3.63) is 71.1 Å². The van der Waals surface area contributed by atoms with Crippen LogP contribution in [0.1, 0.15) is 17.4 Å². The van der Waals surface area contributed by atoms with Crippen molar-refractivity contribution in [2.45, 2.75) is 28.1 Å². The Morgan fingerprint density at radius 3 is 2.67 bits per heavy atom. The molecule has 0 spiro atoms. The van der Waals surface area contributed by atoms with Gasteiger partial charge in [0, 0.05) is 17.9 Å². The number of nitrogens with one attached hydrogen (secondary N) is 2. The summed E-state index contributed by atoms with van der Waals surface area (Å²) in [7, 11) is -3.84. The third kappa shape index (κ3) is 6.20. The number of aromatic nitrogens is 2. The Labute approximate surface area is 201 Å². The van der Waals surface area contributed by atoms with E-state index >= 15 is 0 Å². The number of anilines is 2. The summed E-state index contributed by atoms with van der Waals surface area (Å²) in [4.78, 5) is 14.0. The fourth-order valence-electron chi connectivity index (χ4n) is 2.95. The van der Waals surface area contributed by atoms with E-state index in [0.29, 0.717) is 23.3 Å². The third-order valence-electron chi connectivity index (χ3n) is 4.56. The van der Waals surface area contributed by atoms with E-state index in [1.807, 2.05) is 42.5 Å². The number of hydrogen-bond acceptors (Lipinski definition) is 9. The molecule has 4 rings (SSSR count). The quantitative estimate of drug-likeness (QED) is 0.286. The van der Waals surface area contributed by atoms with E-state index in [2.05, 4.69) is 25.0 Å². The summed E-state index contributed by atoms with van der Waals surface area (Å²) in [6.07, 6.45) is 3.81. The average Bonchev–Trinajstić information content (AvgIpc) is 3.50. The van der Waals surface area contributed by atoms with E-state index in [1.165, 1.54) is 17.8 Å². The molecule has 0 amide bonds. The molecule has 0 bridgehead atoms. The largest absolute Gasteiger partial charge is 0.394 e. The molecular formula is C22H23N5O3S3. The highest BCUT2D eigenvalue weighted by Crippen LogP contribution is 2.28. The van der Waals surface area contributed by atoms with Crippen LogP contribution in [0.4, 0.5) is 11.6 Å². The number of aliphatic hydroxyl groups is 1. The monoisotopic (exact) mass is 501 g/mol. The van der Waals surface area contributed by atoms with E-state index in [1.54, 1.807) is 19.1 Å². The number of aliphatic hydroxyl groups excluding tert-OH is 1. The van der Waals surface area contributed by atoms with Crippen LogP contribution >= 0.6 is 23.1 Å². The van der Waals surface area contributed by atoms with Crippen molar-refractivity contribution in [1.82, 2.24) is 9.97 Å². The van der Waals surface area contributed by atoms with Crippen molar-refractivity contribution < 1.29 is 13.5 Å². The van der Waals surface area contributed by atoms with Gasteiger partial charge in [-0.25, -0.2) is 18.4 Å². The zero-order valence-corrected chi connectivity index (χ0v) is 20.3. The first-order chi connectivity index (χ1) is 15.9. The van der Waals surface area contributed by atoms with Gasteiger partial charge in [0.05, 0.1) is 23.7 Å². The molecule has 172 valence electrons. The predicted molar refractivity (Wildman–Crippen MR) is 134 cm³/mol. The molecule has 1 aliphatic heterocycles. The van der Waals surface area contributed by atoms with Crippen molar-refractivity contribution in [2.75, 3.05) is 23.2 Å². The number of benzene rings is 1. The van der Waals surface area contributed by atoms with Gasteiger partial charge in [0.25, 0.3) is 10.0 Å². The molecule has 1 atom stereocenters. The maximum absolute atomic E-state index is 13.0. The zero-order valence-electron chi connectivity index (χ0n) is 17.8. The Hall–Kier alpha value is -2.73. The van der Waals surface area contributed by atoms with Gasteiger partial charge in [0.2, 0.25) is 0 Å². The second-order valence-electron chi connectivity index (χ2n) is 7.28. The smallest absolute Gasteiger partial charge is 0.272 e. The first kappa shape index (κ1) is 23.4. The van der Waals surface area contributed by atoms with Crippen LogP contribution in [0.15, 0.2) is 75.0 Å². The molecule has 3 N–H and O–H groups in total. The number of nitrogens with zero attached hydrogens (tertiary/aromatic N) is 3. The van der Waals surface area contributed by atoms with E-state index in [9.17, 15) is 13.5 Å². The molecule has 3 heterocycles. The van der Waals surface area contributed by atoms with Crippen LogP contribution in [0.25, 0.3) is 0 Å². The van der Waals surface area contributed by atoms with Gasteiger partial charge in [0.15, 0.2) is 5.16 Å². The van der Waals surface area contributed by atoms with Crippen LogP contribution < -0.4 is 10.0 Å². The molecule has 0 aliphatic carbocycles. The Balaban J connectivity index is 1.57. The summed E-state index contributed by atoms with van der Waals surface area (Å²) in [5.41, 5.74) is 1.89. The minimum atomic E-state index is -3.84. The van der Waals surface area contributed by atoms with Crippen molar-refractivity contribution in [1.29, 1.82) is 0 Å². The molecule has 0 saturated carbocycles. The van der Waals surface area contributed by atoms with Gasteiger partial charge in [-0.2, -0.15) is 0 Å². The third-order valence-corrected chi connectivity index (χ3v) is 8.44. The van der Waals surface area contributed by atoms with E-state index < -0.39 is 10.0 Å². The average molecular weight is 502 g/mol. The SMILES string of the molecule is C[C@H](CO)Nc1cc(NS(=O)(=O)c2ccc(C3=NCC=C3)s2)nc(SCc2ccccc2)n1. The van der Waals surface area contributed by atoms with Gasteiger partial charge in [-0.1, -0.05) is 48.2 Å². The molecule has 0 saturated heterocycles. The number of hydrogen-bond donors (Lipinski definition) is 3. The van der Waals surface area contributed by atoms with Crippen LogP contribution in [-0.2, 0) is 15.8 Å². The summed E-state index contributed by atoms with van der Waals surface area (Å²) in [5.74, 6) is 1.22. The molecule has 1 aliphatic rings. The van der Waals surface area contributed by atoms with Gasteiger partial charge in [-0.05, 0) is 30.7 Å². The molecule has 2 aromatic heterocycles. The van der Waals surface area contributed by atoms with E-state index in [0.717, 1.165) is 27.5 Å². The maximum Gasteiger partial charge on any atom is 0.272 e. The van der Waals surface area contributed by atoms with Gasteiger partial charge in [-0.15, -0.1) is 11.3 Å². The van der Waals surface area contributed by atoms with Crippen LogP contribution in [0.2, 0.25) is 0 Å². The number of sulfonamides is 1. The van der Waals surface area contributed by atoms with Gasteiger partial charge < -0.3 is 10.4 Å². The lowest BCUT2D eigenvalue weighted by Gasteiger charge is -2.14. The number of aliphatic imine (C=N–C) groups is 1. The standard InChI is InChI=1S/C22H23N5O3S3/c1-15(13-28)24-19-12-20(26-22(25-19)31-14-16-6-3-2-4-7-16)27-33(29,30)21-10-9-18(32-21)17-8-5-11-23-17/h2-10,12,15,28H,11,13-14H2,1H3,(H2,24,25,26,27)/t15-/m1/s1. The summed E-state index contributed by atoms with van der Waals surface area (Å²) in [6.45, 7) is 2.32. The number of thioether (sulfide) groups is 1. The van der Waals surface area contributed by atoms with Crippen LogP contribution in [0, 0.1) is 0 Å². The molecule has 0 fully saturated rings. The Morgan fingerprint density at radius 2 is 1.94 bits per heavy atom. The molecule has 8 nitrogen and oxygen atoms in total. The summed E-state index contributed by atoms with van der Waals surface area (Å²) in [5, 5.41) is 12.9. The zero-order chi connectivity index (χ0) is 23.3. The molecule has 0 unspecified atom stereocenters. The fourth-order valence-corrected chi connectivity index (χ4v) is 6.06. The Morgan fingerprint density at radius 1 is 1.15 bits per heavy atom. The highest BCUT2D eigenvalue weighted by Gasteiger charge is 2.20. The molecule has 0 radical (unpaired) electrons. The second-order valence-corrected chi connectivity index (χ2v) is 11.2. The Kier molecular flexibility index (Phi) is 7.43. The highest BCUT2D eigenvalue weighted by molar-refractivity contribution is 7.98. The lowest BCUT2D eigenvalue weighted by atomic mass is 10.2. The number of thiophene rings is 1. The van der Waals surface area contributed by atoms with E-state index in [4.69, 9.17) is 0 Å². The van der Waals surface area contributed by atoms with Crippen LogP contribution in [0.3, 0.4) is 0 Å². The number of rotatable bonds is 10. The van der Waals surface area contributed by atoms with Crippen molar-refractivity contribution in [3.8, 4) is 0 Å². The van der Waals surface area contributed by atoms with Gasteiger partial charge in [-0.3, -0.25) is 9.71 Å². The minimum Gasteiger partial charge on any atom is -0.394 e. The molecular weight excluding hydrogens is 478 g/mol. The first-order valence-corrected chi connectivity index (χ1v) is 13.5. The minimum absolute atomic E-state index is 0.0894. The first-order valence-electron chi connectivity index (χ1n) is 10.2. The summed E-state index contributed by atoms with van der Waals surface area (Å²) < 4.78 is 28.8. The van der Waals surface area contributed by atoms with Crippen molar-refractivity contribution in [3.63, 3.8) is 0 Å². The summed E-state index contributed by atoms with van der Waals surface area (Å²) in [6, 6.07) is 14.5. The van der Waals surface area contributed by atoms with Crippen molar-refractivity contribution in [2.24, 2.45) is 4.99 Å². The second kappa shape index (κ2) is 10.5. The Bertz CT molecular complexity index is 1270. The molecule has 1 aromatic carbocycles. The lowest BCUT2D eigenvalue weighted by molar-refractivity contribution is 0.281. The topological polar surface area (TPSA) is 117 Å². The molecule has 11 heteroatoms. The lowest BCUT2D eigenvalue weighted by Crippen LogP contribution is -2.21.